The number of nitrogens with zero attached hydrogens (tertiary/aromatic N) is 1. The quantitative estimate of drug-likeness (QED) is 0.229. The van der Waals surface area contributed by atoms with Gasteiger partial charge in [0, 0.05) is 44.6 Å². The Bertz CT molecular complexity index is 562. The lowest BCUT2D eigenvalue weighted by molar-refractivity contribution is 0.0696. The Morgan fingerprint density at radius 2 is 1.41 bits per heavy atom. The summed E-state index contributed by atoms with van der Waals surface area (Å²) >= 11 is 0. The minimum absolute atomic E-state index is 0.357. The first kappa shape index (κ1) is 22.5. The van der Waals surface area contributed by atoms with E-state index < -0.39 is 8.80 Å². The molecule has 2 aliphatic heterocycles. The molecule has 2 atom stereocenters. The van der Waals surface area contributed by atoms with Crippen molar-refractivity contribution >= 4 is 14.5 Å². The molecule has 0 aromatic heterocycles. The van der Waals surface area contributed by atoms with E-state index in [0.29, 0.717) is 38.6 Å². The molecule has 2 unspecified atom stereocenters. The minimum Gasteiger partial charge on any atom is -0.494 e. The van der Waals surface area contributed by atoms with Crippen LogP contribution < -0.4 is 9.64 Å². The molecule has 2 saturated heterocycles. The molecular weight excluding hydrogens is 390 g/mol. The molecule has 0 bridgehead atoms. The lowest BCUT2D eigenvalue weighted by atomic mass is 10.2. The predicted molar refractivity (Wildman–Crippen MR) is 114 cm³/mol. The molecule has 8 heteroatoms. The maximum atomic E-state index is 5.95. The summed E-state index contributed by atoms with van der Waals surface area (Å²) in [7, 11) is -2.59. The molecule has 7 nitrogen and oxygen atoms in total. The van der Waals surface area contributed by atoms with Gasteiger partial charge in [0.15, 0.2) is 0 Å². The summed E-state index contributed by atoms with van der Waals surface area (Å²) in [6.45, 7) is 11.9. The fourth-order valence-corrected chi connectivity index (χ4v) is 5.94. The summed E-state index contributed by atoms with van der Waals surface area (Å²) < 4.78 is 34.4. The summed E-state index contributed by atoms with van der Waals surface area (Å²) in [6.07, 6.45) is 1.54. The van der Waals surface area contributed by atoms with Crippen molar-refractivity contribution in [1.82, 2.24) is 0 Å². The van der Waals surface area contributed by atoms with Gasteiger partial charge in [-0.3, -0.25) is 0 Å². The summed E-state index contributed by atoms with van der Waals surface area (Å²) in [5.74, 6) is 0.871. The molecule has 1 aromatic rings. The molecule has 2 heterocycles. The third-order valence-corrected chi connectivity index (χ3v) is 7.99. The second-order valence-electron chi connectivity index (χ2n) is 7.24. The van der Waals surface area contributed by atoms with Crippen LogP contribution in [-0.4, -0.2) is 73.7 Å². The van der Waals surface area contributed by atoms with Crippen LogP contribution in [0.3, 0.4) is 0 Å². The summed E-state index contributed by atoms with van der Waals surface area (Å²) in [6, 6.07) is 9.04. The molecule has 29 heavy (non-hydrogen) atoms. The van der Waals surface area contributed by atoms with Gasteiger partial charge in [0.25, 0.3) is 0 Å². The fraction of sp³-hybridized carbons (Fsp3) is 0.714. The molecular formula is C21H35NO6Si. The molecule has 0 amide bonds. The summed E-state index contributed by atoms with van der Waals surface area (Å²) in [4.78, 5) is 2.34. The number of anilines is 1. The van der Waals surface area contributed by atoms with Gasteiger partial charge in [0.05, 0.1) is 32.0 Å². The monoisotopic (exact) mass is 425 g/mol. The third kappa shape index (κ3) is 7.55. The Kier molecular flexibility index (Phi) is 8.77. The van der Waals surface area contributed by atoms with Crippen LogP contribution in [0.2, 0.25) is 6.04 Å². The maximum Gasteiger partial charge on any atom is 0.501 e. The van der Waals surface area contributed by atoms with Crippen molar-refractivity contribution in [3.63, 3.8) is 0 Å². The predicted octanol–water partition coefficient (Wildman–Crippen LogP) is 3.11. The molecule has 0 saturated carbocycles. The van der Waals surface area contributed by atoms with Gasteiger partial charge in [0.2, 0.25) is 0 Å². The van der Waals surface area contributed by atoms with Crippen molar-refractivity contribution in [2.75, 3.05) is 57.6 Å². The van der Waals surface area contributed by atoms with Crippen LogP contribution in [-0.2, 0) is 22.8 Å². The highest BCUT2D eigenvalue weighted by Crippen LogP contribution is 2.25. The molecule has 0 aliphatic carbocycles. The van der Waals surface area contributed by atoms with Gasteiger partial charge in [-0.1, -0.05) is 0 Å². The van der Waals surface area contributed by atoms with E-state index >= 15 is 0 Å². The van der Waals surface area contributed by atoms with Crippen molar-refractivity contribution in [3.8, 4) is 5.75 Å². The van der Waals surface area contributed by atoms with E-state index in [9.17, 15) is 0 Å². The molecule has 0 N–H and O–H groups in total. The van der Waals surface area contributed by atoms with E-state index in [1.807, 2.05) is 32.9 Å². The second kappa shape index (κ2) is 11.3. The number of hydrogen-bond donors (Lipinski definition) is 0. The molecule has 3 rings (SSSR count). The highest BCUT2D eigenvalue weighted by atomic mass is 28.4. The van der Waals surface area contributed by atoms with Crippen molar-refractivity contribution < 1.29 is 27.5 Å². The van der Waals surface area contributed by atoms with Crippen molar-refractivity contribution in [3.05, 3.63) is 24.3 Å². The van der Waals surface area contributed by atoms with Gasteiger partial charge in [-0.05, 0) is 51.5 Å². The Labute approximate surface area is 175 Å². The Balaban J connectivity index is 1.46. The van der Waals surface area contributed by atoms with E-state index in [2.05, 4.69) is 17.0 Å². The minimum atomic E-state index is -2.59. The van der Waals surface area contributed by atoms with E-state index in [1.54, 1.807) is 0 Å². The van der Waals surface area contributed by atoms with Gasteiger partial charge >= 0.3 is 8.80 Å². The smallest absolute Gasteiger partial charge is 0.494 e. The van der Waals surface area contributed by atoms with Crippen LogP contribution in [0.25, 0.3) is 0 Å². The number of benzene rings is 1. The number of hydrogen-bond acceptors (Lipinski definition) is 7. The first-order valence-electron chi connectivity index (χ1n) is 10.8. The highest BCUT2D eigenvalue weighted by molar-refractivity contribution is 6.60. The van der Waals surface area contributed by atoms with Crippen LogP contribution in [0.1, 0.15) is 27.2 Å². The lowest BCUT2D eigenvalue weighted by Crippen LogP contribution is -2.46. The van der Waals surface area contributed by atoms with Crippen molar-refractivity contribution in [1.29, 1.82) is 0 Å². The summed E-state index contributed by atoms with van der Waals surface area (Å²) in [5, 5.41) is 0. The fourth-order valence-electron chi connectivity index (χ4n) is 3.36. The molecule has 0 radical (unpaired) electrons. The van der Waals surface area contributed by atoms with E-state index in [1.165, 1.54) is 5.69 Å². The first-order chi connectivity index (χ1) is 14.2. The van der Waals surface area contributed by atoms with Crippen LogP contribution >= 0.6 is 0 Å². The Hall–Kier alpha value is -1.16. The average Bonchev–Trinajstić information content (AvgIpc) is 3.63. The maximum absolute atomic E-state index is 5.95. The van der Waals surface area contributed by atoms with Gasteiger partial charge in [-0.2, -0.15) is 0 Å². The largest absolute Gasteiger partial charge is 0.501 e. The average molecular weight is 426 g/mol. The van der Waals surface area contributed by atoms with E-state index in [-0.39, 0.29) is 0 Å². The molecule has 164 valence electrons. The third-order valence-electron chi connectivity index (χ3n) is 4.84. The Morgan fingerprint density at radius 1 is 0.897 bits per heavy atom. The van der Waals surface area contributed by atoms with Crippen molar-refractivity contribution in [2.45, 2.75) is 45.4 Å². The normalized spacial score (nSPS) is 20.5. The molecule has 2 fully saturated rings. The van der Waals surface area contributed by atoms with Gasteiger partial charge in [-0.15, -0.1) is 0 Å². The summed E-state index contributed by atoms with van der Waals surface area (Å²) in [5.41, 5.74) is 1.18. The zero-order chi connectivity index (χ0) is 20.5. The highest BCUT2D eigenvalue weighted by Gasteiger charge is 2.39. The van der Waals surface area contributed by atoms with Crippen LogP contribution in [0.15, 0.2) is 24.3 Å². The SMILES string of the molecule is CCO[Si](CCCOc1ccc(N(CC2CO2)CC2CO2)cc1)(OCC)OCC. The van der Waals surface area contributed by atoms with E-state index in [0.717, 1.165) is 44.5 Å². The number of ether oxygens (including phenoxy) is 3. The van der Waals surface area contributed by atoms with Crippen LogP contribution in [0.4, 0.5) is 5.69 Å². The van der Waals surface area contributed by atoms with E-state index in [4.69, 9.17) is 27.5 Å². The van der Waals surface area contributed by atoms with Gasteiger partial charge in [-0.25, -0.2) is 0 Å². The van der Waals surface area contributed by atoms with Crippen LogP contribution in [0.5, 0.6) is 5.75 Å². The van der Waals surface area contributed by atoms with Crippen LogP contribution in [0, 0.1) is 0 Å². The zero-order valence-corrected chi connectivity index (χ0v) is 18.9. The second-order valence-corrected chi connectivity index (χ2v) is 9.98. The standard InChI is InChI=1S/C21H35NO6Si/c1-4-26-29(27-5-2,28-6-3)13-7-12-23-19-10-8-18(9-11-19)22(14-20-16-24-20)15-21-17-25-21/h8-11,20-21H,4-7,12-17H2,1-3H3. The molecule has 0 spiro atoms. The van der Waals surface area contributed by atoms with Gasteiger partial charge < -0.3 is 32.4 Å². The molecule has 1 aromatic carbocycles. The number of epoxide rings is 2. The van der Waals surface area contributed by atoms with Crippen molar-refractivity contribution in [2.24, 2.45) is 0 Å². The number of rotatable bonds is 16. The molecule has 2 aliphatic rings. The first-order valence-corrected chi connectivity index (χ1v) is 12.7. The zero-order valence-electron chi connectivity index (χ0n) is 17.9. The van der Waals surface area contributed by atoms with Gasteiger partial charge in [0.1, 0.15) is 5.75 Å². The lowest BCUT2D eigenvalue weighted by Gasteiger charge is -2.28. The Morgan fingerprint density at radius 3 is 1.86 bits per heavy atom. The topological polar surface area (TPSA) is 65.2 Å².